The quantitative estimate of drug-likeness (QED) is 0.167. The molecule has 0 saturated heterocycles. The van der Waals surface area contributed by atoms with Crippen molar-refractivity contribution in [2.24, 2.45) is 0 Å². The van der Waals surface area contributed by atoms with Crippen molar-refractivity contribution < 1.29 is 4.42 Å². The van der Waals surface area contributed by atoms with Crippen LogP contribution < -0.4 is 4.90 Å². The van der Waals surface area contributed by atoms with Gasteiger partial charge in [-0.1, -0.05) is 140 Å². The highest BCUT2D eigenvalue weighted by Crippen LogP contribution is 2.50. The Labute approximate surface area is 310 Å². The van der Waals surface area contributed by atoms with Crippen molar-refractivity contribution in [3.63, 3.8) is 0 Å². The van der Waals surface area contributed by atoms with Crippen molar-refractivity contribution >= 4 is 92.1 Å². The van der Waals surface area contributed by atoms with Crippen molar-refractivity contribution in [2.75, 3.05) is 4.90 Å². The van der Waals surface area contributed by atoms with Crippen LogP contribution in [0, 0.1) is 0 Å². The molecule has 2 aromatic heterocycles. The van der Waals surface area contributed by atoms with E-state index >= 15 is 0 Å². The van der Waals surface area contributed by atoms with Gasteiger partial charge in [-0.05, 0) is 92.3 Å². The lowest BCUT2D eigenvalue weighted by Crippen LogP contribution is -2.11. The summed E-state index contributed by atoms with van der Waals surface area (Å²) in [6.07, 6.45) is 0. The number of hydrogen-bond donors (Lipinski definition) is 0. The van der Waals surface area contributed by atoms with Crippen LogP contribution in [0.2, 0.25) is 0 Å². The zero-order valence-electron chi connectivity index (χ0n) is 28.7. The van der Waals surface area contributed by atoms with Gasteiger partial charge >= 0.3 is 0 Å². The van der Waals surface area contributed by atoms with E-state index in [9.17, 15) is 0 Å². The molecule has 53 heavy (non-hydrogen) atoms. The largest absolute Gasteiger partial charge is 0.456 e. The fourth-order valence-electron chi connectivity index (χ4n) is 8.19. The first-order valence-corrected chi connectivity index (χ1v) is 18.8. The molecule has 0 N–H and O–H groups in total. The van der Waals surface area contributed by atoms with Crippen LogP contribution in [0.5, 0.6) is 0 Å². The lowest BCUT2D eigenvalue weighted by molar-refractivity contribution is 0.669. The summed E-state index contributed by atoms with van der Waals surface area (Å²) in [5.74, 6) is 0. The minimum atomic E-state index is 0.876. The molecule has 0 atom stereocenters. The molecule has 0 aliphatic carbocycles. The van der Waals surface area contributed by atoms with Gasteiger partial charge < -0.3 is 9.32 Å². The first kappa shape index (κ1) is 30.0. The van der Waals surface area contributed by atoms with Crippen LogP contribution in [-0.4, -0.2) is 0 Å². The molecule has 248 valence electrons. The van der Waals surface area contributed by atoms with Gasteiger partial charge in [0.2, 0.25) is 0 Å². The Hall–Kier alpha value is -6.68. The van der Waals surface area contributed by atoms with Gasteiger partial charge in [0.05, 0.1) is 16.8 Å². The summed E-state index contributed by atoms with van der Waals surface area (Å²) < 4.78 is 9.01. The number of para-hydroxylation sites is 1. The molecule has 2 nitrogen and oxygen atoms in total. The Balaban J connectivity index is 1.14. The summed E-state index contributed by atoms with van der Waals surface area (Å²) in [7, 11) is 0. The molecule has 2 heterocycles. The van der Waals surface area contributed by atoms with Gasteiger partial charge in [-0.25, -0.2) is 0 Å². The number of furan rings is 1. The van der Waals surface area contributed by atoms with E-state index in [0.717, 1.165) is 39.0 Å². The average Bonchev–Trinajstić information content (AvgIpc) is 3.81. The lowest BCUT2D eigenvalue weighted by atomic mass is 9.97. The number of hydrogen-bond acceptors (Lipinski definition) is 3. The molecule has 0 aliphatic heterocycles. The standard InChI is InChI=1S/C50H31NOS/c1-2-11-33(12-3-1)40-29-30-44(49-42-16-7-9-20-47(42)53-50(40)49)51(43-17-10-19-46-48(43)41-15-6-8-18-45(41)52-46)37-26-23-32(24-27-37)35-25-28-39-36(31-35)22-21-34-13-4-5-14-38(34)39/h1-31H. The van der Waals surface area contributed by atoms with Gasteiger partial charge in [-0.2, -0.15) is 0 Å². The van der Waals surface area contributed by atoms with Gasteiger partial charge in [-0.15, -0.1) is 11.3 Å². The highest BCUT2D eigenvalue weighted by Gasteiger charge is 2.24. The molecular weight excluding hydrogens is 663 g/mol. The summed E-state index contributed by atoms with van der Waals surface area (Å²) >= 11 is 1.87. The van der Waals surface area contributed by atoms with Gasteiger partial charge in [0.15, 0.2) is 0 Å². The maximum atomic E-state index is 6.45. The molecule has 11 aromatic rings. The molecule has 0 aliphatic rings. The van der Waals surface area contributed by atoms with Crippen LogP contribution in [0.3, 0.4) is 0 Å². The predicted molar refractivity (Wildman–Crippen MR) is 227 cm³/mol. The maximum absolute atomic E-state index is 6.45. The summed E-state index contributed by atoms with van der Waals surface area (Å²) in [5, 5.41) is 9.80. The van der Waals surface area contributed by atoms with Gasteiger partial charge in [-0.3, -0.25) is 0 Å². The van der Waals surface area contributed by atoms with E-state index in [0.29, 0.717) is 0 Å². The van der Waals surface area contributed by atoms with E-state index in [2.05, 4.69) is 187 Å². The Morgan fingerprint density at radius 1 is 0.396 bits per heavy atom. The zero-order chi connectivity index (χ0) is 34.9. The number of thiophene rings is 1. The summed E-state index contributed by atoms with van der Waals surface area (Å²) in [4.78, 5) is 2.44. The molecule has 0 saturated carbocycles. The molecule has 3 heteroatoms. The van der Waals surface area contributed by atoms with E-state index in [1.807, 2.05) is 17.4 Å². The van der Waals surface area contributed by atoms with E-state index in [4.69, 9.17) is 4.42 Å². The highest BCUT2D eigenvalue weighted by molar-refractivity contribution is 7.26. The molecule has 0 radical (unpaired) electrons. The fourth-order valence-corrected chi connectivity index (χ4v) is 9.45. The molecule has 0 bridgehead atoms. The Morgan fingerprint density at radius 2 is 1.08 bits per heavy atom. The number of benzene rings is 9. The first-order valence-electron chi connectivity index (χ1n) is 18.0. The van der Waals surface area contributed by atoms with Gasteiger partial charge in [0.25, 0.3) is 0 Å². The zero-order valence-corrected chi connectivity index (χ0v) is 29.5. The van der Waals surface area contributed by atoms with Crippen molar-refractivity contribution in [2.45, 2.75) is 0 Å². The third-order valence-corrected chi connectivity index (χ3v) is 11.9. The number of anilines is 3. The van der Waals surface area contributed by atoms with Gasteiger partial charge in [0.1, 0.15) is 11.2 Å². The SMILES string of the molecule is c1ccc(-c2ccc(N(c3ccc(-c4ccc5c(ccc6ccccc65)c4)cc3)c3cccc4oc5ccccc5c34)c3c2sc2ccccc23)cc1. The monoisotopic (exact) mass is 693 g/mol. The second-order valence-corrected chi connectivity index (χ2v) is 14.7. The highest BCUT2D eigenvalue weighted by atomic mass is 32.1. The van der Waals surface area contributed by atoms with Gasteiger partial charge in [0, 0.05) is 31.2 Å². The van der Waals surface area contributed by atoms with Crippen molar-refractivity contribution in [3.05, 3.63) is 188 Å². The van der Waals surface area contributed by atoms with E-state index in [1.165, 1.54) is 64.0 Å². The molecule has 0 fully saturated rings. The van der Waals surface area contributed by atoms with Crippen molar-refractivity contribution in [1.82, 2.24) is 0 Å². The third-order valence-electron chi connectivity index (χ3n) is 10.7. The molecule has 0 spiro atoms. The number of nitrogens with zero attached hydrogens (tertiary/aromatic N) is 1. The van der Waals surface area contributed by atoms with E-state index in [1.54, 1.807) is 0 Å². The summed E-state index contributed by atoms with van der Waals surface area (Å²) in [6, 6.07) is 68.0. The minimum Gasteiger partial charge on any atom is -0.456 e. The van der Waals surface area contributed by atoms with Crippen LogP contribution in [0.1, 0.15) is 0 Å². The smallest absolute Gasteiger partial charge is 0.137 e. The van der Waals surface area contributed by atoms with Crippen molar-refractivity contribution in [3.8, 4) is 22.3 Å². The molecule has 11 rings (SSSR count). The Bertz CT molecular complexity index is 3170. The second kappa shape index (κ2) is 11.9. The first-order chi connectivity index (χ1) is 26.3. The topological polar surface area (TPSA) is 16.4 Å². The number of rotatable bonds is 5. The van der Waals surface area contributed by atoms with Crippen LogP contribution in [-0.2, 0) is 0 Å². The molecule has 0 unspecified atom stereocenters. The average molecular weight is 694 g/mol. The second-order valence-electron chi connectivity index (χ2n) is 13.7. The van der Waals surface area contributed by atoms with Crippen LogP contribution in [0.25, 0.3) is 85.9 Å². The summed E-state index contributed by atoms with van der Waals surface area (Å²) in [5.41, 5.74) is 9.92. The molecule has 0 amide bonds. The normalized spacial score (nSPS) is 11.8. The van der Waals surface area contributed by atoms with E-state index < -0.39 is 0 Å². The van der Waals surface area contributed by atoms with Crippen LogP contribution >= 0.6 is 11.3 Å². The fraction of sp³-hybridized carbons (Fsp3) is 0. The minimum absolute atomic E-state index is 0.876. The molecule has 9 aromatic carbocycles. The Kier molecular flexibility index (Phi) is 6.76. The van der Waals surface area contributed by atoms with Crippen LogP contribution in [0.15, 0.2) is 192 Å². The lowest BCUT2D eigenvalue weighted by Gasteiger charge is -2.28. The van der Waals surface area contributed by atoms with Crippen LogP contribution in [0.4, 0.5) is 17.1 Å². The molecular formula is C50H31NOS. The maximum Gasteiger partial charge on any atom is 0.137 e. The van der Waals surface area contributed by atoms with E-state index in [-0.39, 0.29) is 0 Å². The van der Waals surface area contributed by atoms with Crippen molar-refractivity contribution in [1.29, 1.82) is 0 Å². The Morgan fingerprint density at radius 3 is 1.96 bits per heavy atom. The predicted octanol–water partition coefficient (Wildman–Crippen LogP) is 15.1. The third kappa shape index (κ3) is 4.78. The number of fused-ring (bicyclic) bond motifs is 9. The summed E-state index contributed by atoms with van der Waals surface area (Å²) in [6.45, 7) is 0.